The SMILES string of the molecule is CCC(CC)CCCn1ccn(CC(=O)c2cc(C(C)(C)C)c(O)c(C(C)(C)C)c2)c1=N. The third-order valence-corrected chi connectivity index (χ3v) is 6.50. The third kappa shape index (κ3) is 6.14. The summed E-state index contributed by atoms with van der Waals surface area (Å²) in [6.07, 6.45) is 8.34. The molecular weight excluding hydrogens is 398 g/mol. The van der Waals surface area contributed by atoms with Crippen LogP contribution in [-0.2, 0) is 23.9 Å². The molecule has 2 aromatic rings. The number of phenolic OH excluding ortho intramolecular Hbond substituents is 1. The van der Waals surface area contributed by atoms with E-state index in [1.165, 1.54) is 19.3 Å². The Kier molecular flexibility index (Phi) is 8.19. The molecule has 5 nitrogen and oxygen atoms in total. The Balaban J connectivity index is 2.26. The molecule has 1 heterocycles. The number of benzene rings is 1. The summed E-state index contributed by atoms with van der Waals surface area (Å²) in [6.45, 7) is 17.7. The molecule has 1 aromatic carbocycles. The van der Waals surface area contributed by atoms with Crippen molar-refractivity contribution in [3.63, 3.8) is 0 Å². The predicted octanol–water partition coefficient (Wildman–Crippen LogP) is 6.17. The number of aromatic nitrogens is 2. The number of carbonyl (C=O) groups excluding carboxylic acids is 1. The van der Waals surface area contributed by atoms with E-state index in [1.807, 2.05) is 70.6 Å². The molecule has 0 aliphatic carbocycles. The Morgan fingerprint density at radius 1 is 0.969 bits per heavy atom. The number of hydrogen-bond donors (Lipinski definition) is 2. The lowest BCUT2D eigenvalue weighted by molar-refractivity contribution is 0.0969. The summed E-state index contributed by atoms with van der Waals surface area (Å²) in [5.41, 5.74) is 1.94. The molecule has 0 atom stereocenters. The van der Waals surface area contributed by atoms with Gasteiger partial charge in [0, 0.05) is 35.6 Å². The minimum Gasteiger partial charge on any atom is -0.507 e. The number of nitrogens with one attached hydrogen (secondary N) is 1. The number of Topliss-reactive ketones (excluding diaryl/α,β-unsaturated/α-hetero) is 1. The number of aromatic hydroxyl groups is 1. The second kappa shape index (κ2) is 10.1. The van der Waals surface area contributed by atoms with Crippen molar-refractivity contribution in [3.8, 4) is 5.75 Å². The molecule has 1 aromatic heterocycles. The molecule has 178 valence electrons. The molecule has 0 saturated heterocycles. The number of aryl methyl sites for hydroxylation is 1. The zero-order valence-corrected chi connectivity index (χ0v) is 21.4. The van der Waals surface area contributed by atoms with Gasteiger partial charge >= 0.3 is 0 Å². The van der Waals surface area contributed by atoms with Gasteiger partial charge in [-0.05, 0) is 41.7 Å². The first-order chi connectivity index (χ1) is 14.8. The fourth-order valence-corrected chi connectivity index (χ4v) is 4.21. The van der Waals surface area contributed by atoms with Gasteiger partial charge in [-0.15, -0.1) is 0 Å². The summed E-state index contributed by atoms with van der Waals surface area (Å²) < 4.78 is 3.63. The highest BCUT2D eigenvalue weighted by Gasteiger charge is 2.27. The number of rotatable bonds is 9. The van der Waals surface area contributed by atoms with Crippen LogP contribution in [0.3, 0.4) is 0 Å². The zero-order valence-electron chi connectivity index (χ0n) is 21.4. The lowest BCUT2D eigenvalue weighted by atomic mass is 9.78. The number of hydrogen-bond acceptors (Lipinski definition) is 3. The summed E-state index contributed by atoms with van der Waals surface area (Å²) >= 11 is 0. The molecule has 0 saturated carbocycles. The summed E-state index contributed by atoms with van der Waals surface area (Å²) in [5, 5.41) is 19.4. The highest BCUT2D eigenvalue weighted by atomic mass is 16.3. The standard InChI is InChI=1S/C27H43N3O2/c1-9-19(10-2)12-11-13-29-14-15-30(25(29)28)18-23(31)20-16-21(26(3,4)5)24(32)22(17-20)27(6,7)8/h14-17,19,28,32H,9-13,18H2,1-8H3. The van der Waals surface area contributed by atoms with Crippen LogP contribution in [-0.4, -0.2) is 20.0 Å². The van der Waals surface area contributed by atoms with Crippen LogP contribution in [0.2, 0.25) is 0 Å². The second-order valence-electron chi connectivity index (χ2n) is 11.1. The average Bonchev–Trinajstić information content (AvgIpc) is 3.03. The lowest BCUT2D eigenvalue weighted by Crippen LogP contribution is -2.27. The van der Waals surface area contributed by atoms with E-state index in [0.717, 1.165) is 30.0 Å². The van der Waals surface area contributed by atoms with Gasteiger partial charge in [0.25, 0.3) is 0 Å². The van der Waals surface area contributed by atoms with E-state index in [4.69, 9.17) is 5.41 Å². The second-order valence-corrected chi connectivity index (χ2v) is 11.1. The molecule has 2 N–H and O–H groups in total. The molecule has 5 heteroatoms. The molecule has 0 radical (unpaired) electrons. The highest BCUT2D eigenvalue weighted by Crippen LogP contribution is 2.39. The van der Waals surface area contributed by atoms with Gasteiger partial charge in [-0.1, -0.05) is 68.2 Å². The van der Waals surface area contributed by atoms with Crippen LogP contribution in [0.1, 0.15) is 103 Å². The molecule has 0 aliphatic heterocycles. The van der Waals surface area contributed by atoms with Gasteiger partial charge in [0.05, 0.1) is 6.54 Å². The molecule has 0 amide bonds. The first-order valence-electron chi connectivity index (χ1n) is 12.0. The van der Waals surface area contributed by atoms with Crippen molar-refractivity contribution in [2.45, 2.75) is 105 Å². The molecule has 0 unspecified atom stereocenters. The van der Waals surface area contributed by atoms with Crippen molar-refractivity contribution in [1.29, 1.82) is 5.41 Å². The minimum atomic E-state index is -0.285. The van der Waals surface area contributed by atoms with Crippen LogP contribution in [0.25, 0.3) is 0 Å². The molecule has 0 bridgehead atoms. The summed E-state index contributed by atoms with van der Waals surface area (Å²) in [7, 11) is 0. The van der Waals surface area contributed by atoms with E-state index < -0.39 is 0 Å². The Morgan fingerprint density at radius 2 is 1.47 bits per heavy atom. The number of imidazole rings is 1. The van der Waals surface area contributed by atoms with E-state index in [-0.39, 0.29) is 28.9 Å². The van der Waals surface area contributed by atoms with Gasteiger partial charge in [-0.2, -0.15) is 0 Å². The van der Waals surface area contributed by atoms with Gasteiger partial charge in [-0.3, -0.25) is 10.2 Å². The topological polar surface area (TPSA) is 71.0 Å². The molecule has 2 rings (SSSR count). The minimum absolute atomic E-state index is 0.0470. The summed E-state index contributed by atoms with van der Waals surface area (Å²) in [4.78, 5) is 13.2. The molecule has 32 heavy (non-hydrogen) atoms. The first kappa shape index (κ1) is 26.0. The van der Waals surface area contributed by atoms with E-state index in [9.17, 15) is 9.90 Å². The van der Waals surface area contributed by atoms with Gasteiger partial charge in [0.2, 0.25) is 5.62 Å². The number of phenols is 1. The van der Waals surface area contributed by atoms with Crippen molar-refractivity contribution >= 4 is 5.78 Å². The third-order valence-electron chi connectivity index (χ3n) is 6.50. The quantitative estimate of drug-likeness (QED) is 0.457. The smallest absolute Gasteiger partial charge is 0.202 e. The molecule has 0 fully saturated rings. The van der Waals surface area contributed by atoms with Gasteiger partial charge in [0.15, 0.2) is 5.78 Å². The van der Waals surface area contributed by atoms with Crippen molar-refractivity contribution < 1.29 is 9.90 Å². The van der Waals surface area contributed by atoms with Gasteiger partial charge < -0.3 is 14.2 Å². The monoisotopic (exact) mass is 441 g/mol. The Labute approximate surface area is 194 Å². The van der Waals surface area contributed by atoms with Crippen LogP contribution in [0, 0.1) is 11.3 Å². The lowest BCUT2D eigenvalue weighted by Gasteiger charge is -2.28. The van der Waals surface area contributed by atoms with E-state index in [0.29, 0.717) is 11.2 Å². The van der Waals surface area contributed by atoms with Crippen molar-refractivity contribution in [3.05, 3.63) is 46.8 Å². The van der Waals surface area contributed by atoms with Crippen LogP contribution in [0.5, 0.6) is 5.75 Å². The number of carbonyl (C=O) groups is 1. The fraction of sp³-hybridized carbons (Fsp3) is 0.630. The van der Waals surface area contributed by atoms with Gasteiger partial charge in [0.1, 0.15) is 5.75 Å². The predicted molar refractivity (Wildman–Crippen MR) is 131 cm³/mol. The molecule has 0 spiro atoms. The highest BCUT2D eigenvalue weighted by molar-refractivity contribution is 5.96. The summed E-state index contributed by atoms with van der Waals surface area (Å²) in [6, 6.07) is 3.65. The van der Waals surface area contributed by atoms with Crippen LogP contribution in [0.15, 0.2) is 24.5 Å². The Hall–Kier alpha value is -2.30. The van der Waals surface area contributed by atoms with Crippen LogP contribution >= 0.6 is 0 Å². The molecule has 0 aliphatic rings. The maximum absolute atomic E-state index is 13.2. The molecular formula is C27H43N3O2. The Bertz CT molecular complexity index is 945. The normalized spacial score (nSPS) is 12.5. The Morgan fingerprint density at radius 3 is 1.94 bits per heavy atom. The fourth-order valence-electron chi connectivity index (χ4n) is 4.21. The maximum atomic E-state index is 13.2. The van der Waals surface area contributed by atoms with Crippen LogP contribution in [0.4, 0.5) is 0 Å². The van der Waals surface area contributed by atoms with Crippen LogP contribution < -0.4 is 5.62 Å². The summed E-state index contributed by atoms with van der Waals surface area (Å²) in [5.74, 6) is 0.977. The first-order valence-corrected chi connectivity index (χ1v) is 12.0. The zero-order chi connectivity index (χ0) is 24.3. The van der Waals surface area contributed by atoms with E-state index >= 15 is 0 Å². The van der Waals surface area contributed by atoms with Crippen molar-refractivity contribution in [2.24, 2.45) is 5.92 Å². The van der Waals surface area contributed by atoms with Crippen molar-refractivity contribution in [2.75, 3.05) is 0 Å². The number of ketones is 1. The number of nitrogens with zero attached hydrogens (tertiary/aromatic N) is 2. The average molecular weight is 442 g/mol. The largest absolute Gasteiger partial charge is 0.507 e. The van der Waals surface area contributed by atoms with E-state index in [1.54, 1.807) is 4.57 Å². The van der Waals surface area contributed by atoms with Gasteiger partial charge in [-0.25, -0.2) is 0 Å². The van der Waals surface area contributed by atoms with Crippen molar-refractivity contribution in [1.82, 2.24) is 9.13 Å². The maximum Gasteiger partial charge on any atom is 0.202 e. The van der Waals surface area contributed by atoms with E-state index in [2.05, 4.69) is 13.8 Å².